The first-order valence-electron chi connectivity index (χ1n) is 6.87. The van der Waals surface area contributed by atoms with E-state index >= 15 is 0 Å². The van der Waals surface area contributed by atoms with Gasteiger partial charge in [0.05, 0.1) is 0 Å². The van der Waals surface area contributed by atoms with Crippen molar-refractivity contribution >= 4 is 10.8 Å². The number of nitrogens with zero attached hydrogens (tertiary/aromatic N) is 1. The molecule has 2 atom stereocenters. The van der Waals surface area contributed by atoms with Crippen molar-refractivity contribution in [2.45, 2.75) is 58.4 Å². The van der Waals surface area contributed by atoms with Gasteiger partial charge >= 0.3 is 0 Å². The van der Waals surface area contributed by atoms with Crippen LogP contribution in [-0.4, -0.2) is 39.7 Å². The van der Waals surface area contributed by atoms with Crippen LogP contribution in [0.2, 0.25) is 0 Å². The van der Waals surface area contributed by atoms with Crippen LogP contribution in [-0.2, 0) is 10.8 Å². The van der Waals surface area contributed by atoms with E-state index in [1.165, 1.54) is 51.6 Å². The molecule has 96 valence electrons. The maximum absolute atomic E-state index is 11.7. The van der Waals surface area contributed by atoms with Gasteiger partial charge in [0.25, 0.3) is 0 Å². The molecule has 0 radical (unpaired) electrons. The topological polar surface area (TPSA) is 20.3 Å². The molecule has 1 heterocycles. The zero-order valence-corrected chi connectivity index (χ0v) is 11.7. The maximum Gasteiger partial charge on any atom is 0.0390 e. The van der Waals surface area contributed by atoms with E-state index in [2.05, 4.69) is 11.8 Å². The summed E-state index contributed by atoms with van der Waals surface area (Å²) in [4.78, 5) is 2.59. The van der Waals surface area contributed by atoms with E-state index in [1.54, 1.807) is 0 Å². The van der Waals surface area contributed by atoms with Gasteiger partial charge in [0.15, 0.2) is 0 Å². The molecule has 1 aliphatic rings. The highest BCUT2D eigenvalue weighted by Gasteiger charge is 2.21. The van der Waals surface area contributed by atoms with Gasteiger partial charge in [-0.05, 0) is 32.4 Å². The zero-order valence-electron chi connectivity index (χ0n) is 10.9. The van der Waals surface area contributed by atoms with Crippen molar-refractivity contribution in [1.29, 1.82) is 0 Å². The Bertz CT molecular complexity index is 202. The van der Waals surface area contributed by atoms with Crippen molar-refractivity contribution in [2.75, 3.05) is 24.6 Å². The molecule has 0 spiro atoms. The molecular weight excluding hydrogens is 218 g/mol. The largest absolute Gasteiger partial charge is 0.299 e. The second-order valence-corrected chi connectivity index (χ2v) is 6.58. The third kappa shape index (κ3) is 4.96. The average molecular weight is 245 g/mol. The summed E-state index contributed by atoms with van der Waals surface area (Å²) in [6, 6.07) is 0.584. The van der Waals surface area contributed by atoms with E-state index in [9.17, 15) is 4.21 Å². The molecule has 0 aromatic heterocycles. The molecule has 0 aromatic carbocycles. The Labute approximate surface area is 103 Å². The van der Waals surface area contributed by atoms with E-state index < -0.39 is 10.8 Å². The van der Waals surface area contributed by atoms with E-state index in [0.717, 1.165) is 11.5 Å². The Morgan fingerprint density at radius 1 is 1.19 bits per heavy atom. The van der Waals surface area contributed by atoms with E-state index in [4.69, 9.17) is 0 Å². The van der Waals surface area contributed by atoms with Gasteiger partial charge in [0.2, 0.25) is 0 Å². The molecule has 3 heteroatoms. The van der Waals surface area contributed by atoms with E-state index in [-0.39, 0.29) is 0 Å². The Hall–Kier alpha value is 0.110. The molecule has 1 fully saturated rings. The van der Waals surface area contributed by atoms with Gasteiger partial charge in [-0.15, -0.1) is 0 Å². The van der Waals surface area contributed by atoms with Crippen molar-refractivity contribution < 1.29 is 4.21 Å². The van der Waals surface area contributed by atoms with Crippen molar-refractivity contribution in [3.8, 4) is 0 Å². The van der Waals surface area contributed by atoms with Gasteiger partial charge < -0.3 is 0 Å². The number of hydrogen-bond donors (Lipinski definition) is 0. The first-order chi connectivity index (χ1) is 7.77. The lowest BCUT2D eigenvalue weighted by Gasteiger charge is -2.34. The summed E-state index contributed by atoms with van der Waals surface area (Å²) in [7, 11) is -0.604. The first-order valence-corrected chi connectivity index (χ1v) is 8.35. The fraction of sp³-hybridized carbons (Fsp3) is 1.00. The number of hydrogen-bond acceptors (Lipinski definition) is 2. The summed E-state index contributed by atoms with van der Waals surface area (Å²) < 4.78 is 11.7. The van der Waals surface area contributed by atoms with Gasteiger partial charge in [-0.3, -0.25) is 9.11 Å². The molecule has 2 unspecified atom stereocenters. The summed E-state index contributed by atoms with van der Waals surface area (Å²) in [5.74, 6) is 1.72. The molecule has 0 bridgehead atoms. The summed E-state index contributed by atoms with van der Waals surface area (Å²) in [6.07, 6.45) is 7.82. The van der Waals surface area contributed by atoms with Crippen LogP contribution in [0.4, 0.5) is 0 Å². The number of rotatable bonds is 7. The zero-order chi connectivity index (χ0) is 11.8. The summed E-state index contributed by atoms with van der Waals surface area (Å²) in [5.41, 5.74) is 0. The van der Waals surface area contributed by atoms with Gasteiger partial charge in [0.1, 0.15) is 0 Å². The first kappa shape index (κ1) is 14.2. The van der Waals surface area contributed by atoms with Gasteiger partial charge in [-0.1, -0.05) is 33.1 Å². The highest BCUT2D eigenvalue weighted by molar-refractivity contribution is 7.84. The van der Waals surface area contributed by atoms with Crippen LogP contribution in [0.1, 0.15) is 52.4 Å². The third-order valence-electron chi connectivity index (χ3n) is 3.50. The summed E-state index contributed by atoms with van der Waals surface area (Å²) in [5, 5.41) is 0. The third-order valence-corrected chi connectivity index (χ3v) is 4.90. The minimum Gasteiger partial charge on any atom is -0.299 e. The molecule has 1 aliphatic heterocycles. The monoisotopic (exact) mass is 245 g/mol. The predicted octanol–water partition coefficient (Wildman–Crippen LogP) is 2.80. The summed E-state index contributed by atoms with van der Waals surface area (Å²) >= 11 is 0. The lowest BCUT2D eigenvalue weighted by Crippen LogP contribution is -2.42. The van der Waals surface area contributed by atoms with Crippen molar-refractivity contribution in [1.82, 2.24) is 4.90 Å². The van der Waals surface area contributed by atoms with Crippen LogP contribution >= 0.6 is 0 Å². The Morgan fingerprint density at radius 2 is 1.88 bits per heavy atom. The van der Waals surface area contributed by atoms with E-state index in [1.807, 2.05) is 6.92 Å². The fourth-order valence-electron chi connectivity index (χ4n) is 2.43. The molecule has 1 saturated heterocycles. The Morgan fingerprint density at radius 3 is 2.44 bits per heavy atom. The second-order valence-electron chi connectivity index (χ2n) is 4.79. The molecule has 0 saturated carbocycles. The molecule has 0 aromatic rings. The molecule has 0 amide bonds. The predicted molar refractivity (Wildman–Crippen MR) is 72.3 cm³/mol. The number of likely N-dealkylation sites (tertiary alicyclic amines) is 1. The average Bonchev–Trinajstić information content (AvgIpc) is 2.35. The van der Waals surface area contributed by atoms with Crippen molar-refractivity contribution in [3.05, 3.63) is 0 Å². The summed E-state index contributed by atoms with van der Waals surface area (Å²) in [6.45, 7) is 6.73. The number of unbranched alkanes of at least 4 members (excludes halogenated alkanes) is 1. The minimum atomic E-state index is -0.604. The lowest BCUT2D eigenvalue weighted by atomic mass is 10.1. The fourth-order valence-corrected chi connectivity index (χ4v) is 3.47. The molecule has 0 aliphatic carbocycles. The SMILES string of the molecule is CCCCC(CS(=O)CC)N1CCCCC1. The number of piperidine rings is 1. The van der Waals surface area contributed by atoms with Gasteiger partial charge in [-0.2, -0.15) is 0 Å². The molecular formula is C13H27NOS. The normalized spacial score (nSPS) is 21.9. The van der Waals surface area contributed by atoms with Crippen LogP contribution in [0.15, 0.2) is 0 Å². The standard InChI is InChI=1S/C13H27NOS/c1-3-5-9-13(12-16(15)4-2)14-10-7-6-8-11-14/h13H,3-12H2,1-2H3. The van der Waals surface area contributed by atoms with Gasteiger partial charge in [0, 0.05) is 28.3 Å². The molecule has 16 heavy (non-hydrogen) atoms. The van der Waals surface area contributed by atoms with Crippen LogP contribution in [0.3, 0.4) is 0 Å². The smallest absolute Gasteiger partial charge is 0.0390 e. The Kier molecular flexibility index (Phi) is 7.30. The van der Waals surface area contributed by atoms with Gasteiger partial charge in [-0.25, -0.2) is 0 Å². The van der Waals surface area contributed by atoms with Crippen LogP contribution in [0.5, 0.6) is 0 Å². The van der Waals surface area contributed by atoms with Crippen LogP contribution in [0, 0.1) is 0 Å². The van der Waals surface area contributed by atoms with E-state index in [0.29, 0.717) is 6.04 Å². The quantitative estimate of drug-likeness (QED) is 0.687. The van der Waals surface area contributed by atoms with Crippen molar-refractivity contribution in [2.24, 2.45) is 0 Å². The Balaban J connectivity index is 2.43. The maximum atomic E-state index is 11.7. The highest BCUT2D eigenvalue weighted by Crippen LogP contribution is 2.17. The highest BCUT2D eigenvalue weighted by atomic mass is 32.2. The van der Waals surface area contributed by atoms with Crippen molar-refractivity contribution in [3.63, 3.8) is 0 Å². The molecule has 1 rings (SSSR count). The second kappa shape index (κ2) is 8.24. The minimum absolute atomic E-state index is 0.584. The molecule has 0 N–H and O–H groups in total. The lowest BCUT2D eigenvalue weighted by molar-refractivity contribution is 0.167. The molecule has 2 nitrogen and oxygen atoms in total. The van der Waals surface area contributed by atoms with Crippen LogP contribution < -0.4 is 0 Å². The van der Waals surface area contributed by atoms with Crippen LogP contribution in [0.25, 0.3) is 0 Å².